The van der Waals surface area contributed by atoms with Gasteiger partial charge in [0.25, 0.3) is 5.91 Å². The third-order valence-corrected chi connectivity index (χ3v) is 11.1. The van der Waals surface area contributed by atoms with Crippen molar-refractivity contribution in [3.8, 4) is 45.5 Å². The summed E-state index contributed by atoms with van der Waals surface area (Å²) in [5.41, 5.74) is 3.81. The van der Waals surface area contributed by atoms with E-state index in [1.165, 1.54) is 14.2 Å². The molecular formula is C43H46N8O8. The maximum Gasteiger partial charge on any atom is 0.407 e. The number of fused-ring (bicyclic) bond motifs is 2. The van der Waals surface area contributed by atoms with Crippen LogP contribution in [-0.2, 0) is 19.1 Å². The molecule has 5 aromatic rings. The van der Waals surface area contributed by atoms with Crippen LogP contribution in [0.2, 0.25) is 0 Å². The average molecular weight is 803 g/mol. The number of aromatic nitrogens is 4. The molecule has 0 bridgehead atoms. The smallest absolute Gasteiger partial charge is 0.407 e. The fraction of sp³-hybridized carbons (Fsp3) is 0.349. The van der Waals surface area contributed by atoms with Crippen molar-refractivity contribution in [1.29, 1.82) is 0 Å². The topological polar surface area (TPSA) is 193 Å². The summed E-state index contributed by atoms with van der Waals surface area (Å²) in [6, 6.07) is 18.2. The molecule has 0 spiro atoms. The summed E-state index contributed by atoms with van der Waals surface area (Å²) in [5.74, 6) is 2.93. The van der Waals surface area contributed by atoms with Crippen molar-refractivity contribution in [2.24, 2.45) is 5.92 Å². The third kappa shape index (κ3) is 7.89. The minimum Gasteiger partial charge on any atom is -0.453 e. The fourth-order valence-corrected chi connectivity index (χ4v) is 8.00. The van der Waals surface area contributed by atoms with Gasteiger partial charge in [-0.2, -0.15) is 0 Å². The molecule has 3 aliphatic heterocycles. The molecule has 0 saturated carbocycles. The highest BCUT2D eigenvalue weighted by Gasteiger charge is 2.39. The Morgan fingerprint density at radius 3 is 1.71 bits per heavy atom. The van der Waals surface area contributed by atoms with Gasteiger partial charge in [0.15, 0.2) is 23.0 Å². The molecule has 2 fully saturated rings. The zero-order valence-electron chi connectivity index (χ0n) is 33.2. The first kappa shape index (κ1) is 39.0. The molecule has 0 radical (unpaired) electrons. The van der Waals surface area contributed by atoms with Crippen molar-refractivity contribution < 1.29 is 38.1 Å². The van der Waals surface area contributed by atoms with Gasteiger partial charge in [-0.05, 0) is 73.6 Å². The second kappa shape index (κ2) is 16.6. The van der Waals surface area contributed by atoms with Gasteiger partial charge in [0.2, 0.25) is 5.91 Å². The monoisotopic (exact) mass is 802 g/mol. The van der Waals surface area contributed by atoms with Crippen molar-refractivity contribution in [2.75, 3.05) is 27.3 Å². The lowest BCUT2D eigenvalue weighted by Gasteiger charge is -2.30. The number of carbonyl (C=O) groups excluding carboxylic acids is 4. The second-order valence-corrected chi connectivity index (χ2v) is 15.1. The summed E-state index contributed by atoms with van der Waals surface area (Å²) < 4.78 is 22.2. The predicted molar refractivity (Wildman–Crippen MR) is 214 cm³/mol. The molecule has 16 heteroatoms. The molecular weight excluding hydrogens is 757 g/mol. The highest BCUT2D eigenvalue weighted by atomic mass is 16.6. The van der Waals surface area contributed by atoms with Crippen LogP contribution in [0, 0.1) is 5.92 Å². The largest absolute Gasteiger partial charge is 0.453 e. The minimum atomic E-state index is -0.908. The second-order valence-electron chi connectivity index (χ2n) is 15.1. The highest BCUT2D eigenvalue weighted by molar-refractivity contribution is 5.88. The first-order valence-electron chi connectivity index (χ1n) is 19.7. The van der Waals surface area contributed by atoms with Crippen molar-refractivity contribution >= 4 is 24.0 Å². The number of rotatable bonds is 10. The molecule has 59 heavy (non-hydrogen) atoms. The van der Waals surface area contributed by atoms with Crippen LogP contribution >= 0.6 is 0 Å². The van der Waals surface area contributed by atoms with Gasteiger partial charge in [-0.15, -0.1) is 0 Å². The van der Waals surface area contributed by atoms with Crippen LogP contribution in [0.15, 0.2) is 79.1 Å². The van der Waals surface area contributed by atoms with Crippen molar-refractivity contribution in [2.45, 2.75) is 63.7 Å². The number of benzene rings is 3. The number of nitrogens with one attached hydrogen (secondary N) is 4. The van der Waals surface area contributed by atoms with Crippen molar-refractivity contribution in [3.05, 3.63) is 96.3 Å². The molecule has 2 aromatic heterocycles. The number of alkyl carbamates (subject to hydrolysis) is 2. The molecule has 4 amide bonds. The quantitative estimate of drug-likeness (QED) is 0.110. The molecule has 0 aliphatic carbocycles. The minimum absolute atomic E-state index is 0.131. The van der Waals surface area contributed by atoms with Crippen LogP contribution in [0.5, 0.6) is 23.0 Å². The van der Waals surface area contributed by atoms with E-state index < -0.39 is 24.3 Å². The Labute approximate surface area is 340 Å². The lowest BCUT2D eigenvalue weighted by molar-refractivity contribution is -0.135. The number of likely N-dealkylation sites (tertiary alicyclic amines) is 2. The molecule has 2 saturated heterocycles. The number of imidazole rings is 2. The van der Waals surface area contributed by atoms with Crippen LogP contribution in [0.25, 0.3) is 22.5 Å². The van der Waals surface area contributed by atoms with E-state index in [1.807, 2.05) is 68.4 Å². The number of carbonyl (C=O) groups is 4. The van der Waals surface area contributed by atoms with E-state index in [2.05, 4.69) is 30.6 Å². The lowest BCUT2D eigenvalue weighted by Crippen LogP contribution is -2.51. The standard InChI is InChI=1S/C43H46N8O8/c1-24(2)36(48-42(54)56-3)40(52)50-18-8-12-30(50)38-44-22-28(46-38)26-14-16-32-34(20-26)58-33-17-15-27(21-35(33)59-32)29-23-45-39(47-29)31-13-9-19-51(31)41(53)37(49-43(55)57-4)25-10-6-5-7-11-25/h5-7,10-11,14-17,20-24,30-31,36-37H,8-9,12-13,18-19H2,1-4H3,(H,44,46)(H,45,47)(H,48,54)(H,49,55)/t30-,31-,36-,37+/m0/s1. The summed E-state index contributed by atoms with van der Waals surface area (Å²) >= 11 is 0. The van der Waals surface area contributed by atoms with Crippen LogP contribution in [-0.4, -0.2) is 87.1 Å². The Morgan fingerprint density at radius 2 is 1.20 bits per heavy atom. The first-order chi connectivity index (χ1) is 28.6. The van der Waals surface area contributed by atoms with Crippen molar-refractivity contribution in [1.82, 2.24) is 40.4 Å². The number of nitrogens with zero attached hydrogens (tertiary/aromatic N) is 4. The summed E-state index contributed by atoms with van der Waals surface area (Å²) in [6.07, 6.45) is 5.21. The number of methoxy groups -OCH3 is 2. The van der Waals surface area contributed by atoms with Gasteiger partial charge in [0.1, 0.15) is 23.7 Å². The number of aromatic amines is 2. The Balaban J connectivity index is 0.952. The molecule has 8 rings (SSSR count). The SMILES string of the molecule is COC(=O)N[C@H](C(=O)N1CCC[C@H]1c1ncc(-c2ccc3c(c2)Oc2ccc(-c4cnc([C@@H]5CCCN5C(=O)[C@H](NC(=O)OC)c5ccccc5)[nH]4)cc2O3)[nH]1)C(C)C. The predicted octanol–water partition coefficient (Wildman–Crippen LogP) is 7.17. The molecule has 3 aliphatic rings. The van der Waals surface area contributed by atoms with E-state index in [9.17, 15) is 19.2 Å². The lowest BCUT2D eigenvalue weighted by atomic mass is 10.0. The fourth-order valence-electron chi connectivity index (χ4n) is 8.00. The van der Waals surface area contributed by atoms with Crippen LogP contribution in [0.1, 0.15) is 74.9 Å². The van der Waals surface area contributed by atoms with Gasteiger partial charge >= 0.3 is 12.2 Å². The number of H-pyrrole nitrogens is 2. The third-order valence-electron chi connectivity index (χ3n) is 11.1. The van der Waals surface area contributed by atoms with Crippen molar-refractivity contribution in [3.63, 3.8) is 0 Å². The maximum atomic E-state index is 13.9. The zero-order chi connectivity index (χ0) is 41.2. The van der Waals surface area contributed by atoms with Crippen LogP contribution in [0.4, 0.5) is 9.59 Å². The van der Waals surface area contributed by atoms with E-state index in [0.29, 0.717) is 59.7 Å². The van der Waals surface area contributed by atoms with Crippen LogP contribution in [0.3, 0.4) is 0 Å². The van der Waals surface area contributed by atoms with Gasteiger partial charge in [0, 0.05) is 24.2 Å². The summed E-state index contributed by atoms with van der Waals surface area (Å²) in [5, 5.41) is 5.38. The highest BCUT2D eigenvalue weighted by Crippen LogP contribution is 2.48. The van der Waals surface area contributed by atoms with Gasteiger partial charge < -0.3 is 49.3 Å². The zero-order valence-corrected chi connectivity index (χ0v) is 33.2. The van der Waals surface area contributed by atoms with E-state index >= 15 is 0 Å². The molecule has 306 valence electrons. The first-order valence-corrected chi connectivity index (χ1v) is 19.7. The molecule has 0 unspecified atom stereocenters. The van der Waals surface area contributed by atoms with Gasteiger partial charge in [-0.25, -0.2) is 19.6 Å². The van der Waals surface area contributed by atoms with Gasteiger partial charge in [-0.3, -0.25) is 9.59 Å². The Morgan fingerprint density at radius 1 is 0.695 bits per heavy atom. The maximum absolute atomic E-state index is 13.9. The molecule has 4 N–H and O–H groups in total. The van der Waals surface area contributed by atoms with E-state index in [-0.39, 0.29) is 29.8 Å². The van der Waals surface area contributed by atoms with Gasteiger partial charge in [0.05, 0.1) is 50.1 Å². The molecule has 5 heterocycles. The van der Waals surface area contributed by atoms with Gasteiger partial charge in [-0.1, -0.05) is 44.2 Å². The number of ether oxygens (including phenoxy) is 4. The molecule has 3 aromatic carbocycles. The van der Waals surface area contributed by atoms with E-state index in [1.54, 1.807) is 34.3 Å². The Kier molecular flexibility index (Phi) is 10.9. The molecule has 4 atom stereocenters. The van der Waals surface area contributed by atoms with E-state index in [0.717, 1.165) is 41.8 Å². The van der Waals surface area contributed by atoms with Crippen LogP contribution < -0.4 is 20.1 Å². The molecule has 16 nitrogen and oxygen atoms in total. The normalized spacial score (nSPS) is 17.9. The summed E-state index contributed by atoms with van der Waals surface area (Å²) in [4.78, 5) is 71.5. The summed E-state index contributed by atoms with van der Waals surface area (Å²) in [6.45, 7) is 4.86. The number of hydrogen-bond donors (Lipinski definition) is 4. The van der Waals surface area contributed by atoms with E-state index in [4.69, 9.17) is 18.9 Å². The number of amides is 4. The Hall–Kier alpha value is -6.84. The number of hydrogen-bond acceptors (Lipinski definition) is 10. The summed E-state index contributed by atoms with van der Waals surface area (Å²) in [7, 11) is 2.55. The average Bonchev–Trinajstić information content (AvgIpc) is 4.10. The Bertz CT molecular complexity index is 2360.